The molecule has 0 unspecified atom stereocenters. The lowest BCUT2D eigenvalue weighted by molar-refractivity contribution is -0.133. The van der Waals surface area contributed by atoms with Crippen LogP contribution in [0.2, 0.25) is 0 Å². The Morgan fingerprint density at radius 1 is 1.26 bits per heavy atom. The van der Waals surface area contributed by atoms with E-state index in [-0.39, 0.29) is 23.0 Å². The van der Waals surface area contributed by atoms with Crippen LogP contribution in [0, 0.1) is 5.82 Å². The average molecular weight is 389 g/mol. The van der Waals surface area contributed by atoms with Crippen molar-refractivity contribution in [3.63, 3.8) is 0 Å². The Morgan fingerprint density at radius 2 is 2.00 bits per heavy atom. The SMILES string of the molecule is COc1cccc(CN2C[C@H](Sc3ccc(F)cc3)C[C@H]2C(=O)N(C)C)c1. The van der Waals surface area contributed by atoms with Gasteiger partial charge < -0.3 is 9.64 Å². The van der Waals surface area contributed by atoms with E-state index in [9.17, 15) is 9.18 Å². The van der Waals surface area contributed by atoms with Gasteiger partial charge in [0.05, 0.1) is 13.2 Å². The van der Waals surface area contributed by atoms with E-state index in [4.69, 9.17) is 4.74 Å². The molecular formula is C21H25FN2O2S. The first kappa shape index (κ1) is 19.7. The summed E-state index contributed by atoms with van der Waals surface area (Å²) in [6, 6.07) is 14.4. The summed E-state index contributed by atoms with van der Waals surface area (Å²) in [4.78, 5) is 17.6. The number of nitrogens with zero attached hydrogens (tertiary/aromatic N) is 2. The van der Waals surface area contributed by atoms with E-state index in [1.54, 1.807) is 50.0 Å². The van der Waals surface area contributed by atoms with Crippen molar-refractivity contribution in [2.75, 3.05) is 27.7 Å². The van der Waals surface area contributed by atoms with Crippen LogP contribution in [0.5, 0.6) is 5.75 Å². The number of halogens is 1. The number of carbonyl (C=O) groups excluding carboxylic acids is 1. The topological polar surface area (TPSA) is 32.8 Å². The maximum absolute atomic E-state index is 13.1. The fourth-order valence-electron chi connectivity index (χ4n) is 3.39. The van der Waals surface area contributed by atoms with Gasteiger partial charge in [-0.25, -0.2) is 4.39 Å². The maximum atomic E-state index is 13.1. The zero-order valence-corrected chi connectivity index (χ0v) is 16.7. The number of rotatable bonds is 6. The third-order valence-corrected chi connectivity index (χ3v) is 5.95. The standard InChI is InChI=1S/C21H25FN2O2S/c1-23(2)21(25)20-12-19(27-18-9-7-16(22)8-10-18)14-24(20)13-15-5-4-6-17(11-15)26-3/h4-11,19-20H,12-14H2,1-3H3/t19-,20+/m1/s1. The van der Waals surface area contributed by atoms with Crippen molar-refractivity contribution in [1.82, 2.24) is 9.80 Å². The molecule has 144 valence electrons. The number of thioether (sulfide) groups is 1. The van der Waals surface area contributed by atoms with Gasteiger partial charge in [0.2, 0.25) is 5.91 Å². The van der Waals surface area contributed by atoms with Crippen LogP contribution in [0.15, 0.2) is 53.4 Å². The highest BCUT2D eigenvalue weighted by Gasteiger charge is 2.37. The van der Waals surface area contributed by atoms with Gasteiger partial charge in [-0.2, -0.15) is 0 Å². The Kier molecular flexibility index (Phi) is 6.39. The van der Waals surface area contributed by atoms with Gasteiger partial charge in [0.15, 0.2) is 0 Å². The molecule has 1 aliphatic heterocycles. The number of benzene rings is 2. The summed E-state index contributed by atoms with van der Waals surface area (Å²) in [6.07, 6.45) is 0.781. The van der Waals surface area contributed by atoms with E-state index in [2.05, 4.69) is 11.0 Å². The van der Waals surface area contributed by atoms with Gasteiger partial charge in [0.1, 0.15) is 11.6 Å². The largest absolute Gasteiger partial charge is 0.497 e. The minimum Gasteiger partial charge on any atom is -0.497 e. The predicted molar refractivity (Wildman–Crippen MR) is 107 cm³/mol. The molecular weight excluding hydrogens is 363 g/mol. The van der Waals surface area contributed by atoms with E-state index in [1.807, 2.05) is 18.2 Å². The minimum absolute atomic E-state index is 0.125. The van der Waals surface area contributed by atoms with Gasteiger partial charge in [-0.05, 0) is 48.4 Å². The van der Waals surface area contributed by atoms with Gasteiger partial charge in [-0.15, -0.1) is 11.8 Å². The molecule has 1 saturated heterocycles. The summed E-state index contributed by atoms with van der Waals surface area (Å²) in [7, 11) is 5.25. The van der Waals surface area contributed by atoms with Gasteiger partial charge >= 0.3 is 0 Å². The number of methoxy groups -OCH3 is 1. The highest BCUT2D eigenvalue weighted by atomic mass is 32.2. The molecule has 2 atom stereocenters. The van der Waals surface area contributed by atoms with Crippen LogP contribution in [0.25, 0.3) is 0 Å². The van der Waals surface area contributed by atoms with E-state index in [0.717, 1.165) is 29.2 Å². The van der Waals surface area contributed by atoms with Crippen LogP contribution in [0.4, 0.5) is 4.39 Å². The normalized spacial score (nSPS) is 19.9. The maximum Gasteiger partial charge on any atom is 0.239 e. The Morgan fingerprint density at radius 3 is 2.67 bits per heavy atom. The summed E-state index contributed by atoms with van der Waals surface area (Å²) in [5.74, 6) is 0.714. The number of carbonyl (C=O) groups is 1. The van der Waals surface area contributed by atoms with Crippen LogP contribution in [0.1, 0.15) is 12.0 Å². The fourth-order valence-corrected chi connectivity index (χ4v) is 4.61. The smallest absolute Gasteiger partial charge is 0.239 e. The molecule has 0 bridgehead atoms. The third kappa shape index (κ3) is 5.02. The van der Waals surface area contributed by atoms with Crippen LogP contribution in [0.3, 0.4) is 0 Å². The monoisotopic (exact) mass is 388 g/mol. The summed E-state index contributed by atoms with van der Waals surface area (Å²) in [6.45, 7) is 1.51. The van der Waals surface area contributed by atoms with Gasteiger partial charge in [-0.1, -0.05) is 12.1 Å². The molecule has 2 aromatic rings. The Bertz CT molecular complexity index is 782. The van der Waals surface area contributed by atoms with E-state index < -0.39 is 0 Å². The second-order valence-corrected chi connectivity index (χ2v) is 8.33. The van der Waals surface area contributed by atoms with E-state index in [1.165, 1.54) is 12.1 Å². The Labute approximate surface area is 164 Å². The molecule has 0 spiro atoms. The summed E-state index contributed by atoms with van der Waals surface area (Å²) in [5.41, 5.74) is 1.12. The molecule has 6 heteroatoms. The summed E-state index contributed by atoms with van der Waals surface area (Å²) < 4.78 is 18.5. The van der Waals surface area contributed by atoms with Gasteiger partial charge in [0, 0.05) is 37.3 Å². The Hall–Kier alpha value is -2.05. The molecule has 3 rings (SSSR count). The molecule has 1 aliphatic rings. The van der Waals surface area contributed by atoms with Crippen LogP contribution in [-0.4, -0.2) is 54.7 Å². The zero-order chi connectivity index (χ0) is 19.4. The number of likely N-dealkylation sites (tertiary alicyclic amines) is 1. The zero-order valence-electron chi connectivity index (χ0n) is 15.9. The lowest BCUT2D eigenvalue weighted by Gasteiger charge is -2.26. The van der Waals surface area contributed by atoms with Crippen molar-refractivity contribution >= 4 is 17.7 Å². The predicted octanol–water partition coefficient (Wildman–Crippen LogP) is 3.66. The molecule has 4 nitrogen and oxygen atoms in total. The first-order chi connectivity index (χ1) is 13.0. The van der Waals surface area contributed by atoms with Crippen molar-refractivity contribution in [2.24, 2.45) is 0 Å². The second-order valence-electron chi connectivity index (χ2n) is 6.96. The number of hydrogen-bond donors (Lipinski definition) is 0. The second kappa shape index (κ2) is 8.76. The van der Waals surface area contributed by atoms with Crippen molar-refractivity contribution in [3.05, 3.63) is 59.9 Å². The molecule has 0 aliphatic carbocycles. The molecule has 0 saturated carbocycles. The van der Waals surface area contributed by atoms with Crippen molar-refractivity contribution in [1.29, 1.82) is 0 Å². The molecule has 27 heavy (non-hydrogen) atoms. The number of likely N-dealkylation sites (N-methyl/N-ethyl adjacent to an activating group) is 1. The molecule has 1 fully saturated rings. The van der Waals surface area contributed by atoms with Gasteiger partial charge in [-0.3, -0.25) is 9.69 Å². The van der Waals surface area contributed by atoms with Crippen LogP contribution in [-0.2, 0) is 11.3 Å². The molecule has 1 amide bonds. The highest BCUT2D eigenvalue weighted by molar-refractivity contribution is 8.00. The lowest BCUT2D eigenvalue weighted by atomic mass is 10.1. The number of hydrogen-bond acceptors (Lipinski definition) is 4. The van der Waals surface area contributed by atoms with Crippen molar-refractivity contribution in [3.8, 4) is 5.75 Å². The van der Waals surface area contributed by atoms with E-state index in [0.29, 0.717) is 6.54 Å². The molecule has 2 aromatic carbocycles. The average Bonchev–Trinajstić information content (AvgIpc) is 3.05. The number of ether oxygens (including phenoxy) is 1. The first-order valence-corrected chi connectivity index (χ1v) is 9.84. The van der Waals surface area contributed by atoms with Gasteiger partial charge in [0.25, 0.3) is 0 Å². The van der Waals surface area contributed by atoms with Crippen LogP contribution >= 0.6 is 11.8 Å². The fraction of sp³-hybridized carbons (Fsp3) is 0.381. The number of amides is 1. The van der Waals surface area contributed by atoms with Crippen LogP contribution < -0.4 is 4.74 Å². The first-order valence-electron chi connectivity index (χ1n) is 8.96. The minimum atomic E-state index is -0.230. The molecule has 1 heterocycles. The van der Waals surface area contributed by atoms with Crippen molar-refractivity contribution in [2.45, 2.75) is 29.2 Å². The molecule has 0 aromatic heterocycles. The quantitative estimate of drug-likeness (QED) is 0.756. The van der Waals surface area contributed by atoms with Crippen molar-refractivity contribution < 1.29 is 13.9 Å². The summed E-state index contributed by atoms with van der Waals surface area (Å²) in [5, 5.41) is 0.287. The summed E-state index contributed by atoms with van der Waals surface area (Å²) >= 11 is 1.71. The van der Waals surface area contributed by atoms with E-state index >= 15 is 0 Å². The Balaban J connectivity index is 1.74. The lowest BCUT2D eigenvalue weighted by Crippen LogP contribution is -2.42. The molecule has 0 radical (unpaired) electrons. The molecule has 0 N–H and O–H groups in total. The third-order valence-electron chi connectivity index (χ3n) is 4.73. The highest BCUT2D eigenvalue weighted by Crippen LogP contribution is 2.34.